The zero-order valence-electron chi connectivity index (χ0n) is 11.9. The van der Waals surface area contributed by atoms with Crippen molar-refractivity contribution in [3.8, 4) is 0 Å². The van der Waals surface area contributed by atoms with E-state index < -0.39 is 0 Å². The fraction of sp³-hybridized carbons (Fsp3) is 0.857. The highest BCUT2D eigenvalue weighted by Gasteiger charge is 2.43. The molecule has 1 aliphatic heterocycles. The van der Waals surface area contributed by atoms with Gasteiger partial charge in [-0.05, 0) is 32.6 Å². The minimum absolute atomic E-state index is 0.0188. The van der Waals surface area contributed by atoms with E-state index >= 15 is 0 Å². The maximum atomic E-state index is 12.5. The second-order valence-corrected chi connectivity index (χ2v) is 6.46. The molecule has 4 nitrogen and oxygen atoms in total. The minimum atomic E-state index is -0.0670. The number of carbonyl (C=O) groups is 1. The van der Waals surface area contributed by atoms with Gasteiger partial charge in [-0.2, -0.15) is 0 Å². The van der Waals surface area contributed by atoms with Crippen molar-refractivity contribution in [3.63, 3.8) is 0 Å². The summed E-state index contributed by atoms with van der Waals surface area (Å²) >= 11 is 5.09. The van der Waals surface area contributed by atoms with Crippen molar-refractivity contribution in [2.75, 3.05) is 0 Å². The molecule has 2 rings (SSSR count). The normalized spacial score (nSPS) is 42.3. The molecule has 2 fully saturated rings. The maximum Gasteiger partial charge on any atom is 0.226 e. The van der Waals surface area contributed by atoms with Crippen molar-refractivity contribution >= 4 is 23.1 Å². The van der Waals surface area contributed by atoms with E-state index in [1.807, 2.05) is 13.8 Å². The van der Waals surface area contributed by atoms with Gasteiger partial charge in [-0.3, -0.25) is 4.79 Å². The van der Waals surface area contributed by atoms with Crippen LogP contribution in [0, 0.1) is 17.8 Å². The molecule has 1 amide bonds. The highest BCUT2D eigenvalue weighted by atomic mass is 32.1. The molecule has 5 heteroatoms. The molecule has 1 saturated heterocycles. The van der Waals surface area contributed by atoms with Crippen molar-refractivity contribution < 1.29 is 9.53 Å². The average molecular weight is 284 g/mol. The van der Waals surface area contributed by atoms with Crippen LogP contribution in [0.5, 0.6) is 0 Å². The minimum Gasteiger partial charge on any atom is -0.393 e. The monoisotopic (exact) mass is 284 g/mol. The van der Waals surface area contributed by atoms with Gasteiger partial charge in [0.05, 0.1) is 23.1 Å². The lowest BCUT2D eigenvalue weighted by Crippen LogP contribution is -2.46. The van der Waals surface area contributed by atoms with E-state index in [4.69, 9.17) is 22.7 Å². The third kappa shape index (κ3) is 2.92. The van der Waals surface area contributed by atoms with Gasteiger partial charge in [-0.25, -0.2) is 0 Å². The molecular formula is C14H24N2O2S. The van der Waals surface area contributed by atoms with Gasteiger partial charge in [-0.1, -0.05) is 25.6 Å². The van der Waals surface area contributed by atoms with Gasteiger partial charge in [0.15, 0.2) is 0 Å². The van der Waals surface area contributed by atoms with Gasteiger partial charge in [0.2, 0.25) is 5.91 Å². The topological polar surface area (TPSA) is 64.3 Å². The van der Waals surface area contributed by atoms with Crippen LogP contribution in [0.1, 0.15) is 40.0 Å². The van der Waals surface area contributed by atoms with Crippen LogP contribution >= 0.6 is 12.2 Å². The molecule has 1 aliphatic carbocycles. The summed E-state index contributed by atoms with van der Waals surface area (Å²) in [6.07, 6.45) is 3.16. The lowest BCUT2D eigenvalue weighted by atomic mass is 9.88. The van der Waals surface area contributed by atoms with Gasteiger partial charge < -0.3 is 15.8 Å². The zero-order valence-corrected chi connectivity index (χ0v) is 12.7. The molecule has 6 unspecified atom stereocenters. The van der Waals surface area contributed by atoms with Crippen LogP contribution in [0.3, 0.4) is 0 Å². The SMILES string of the molecule is CC1OC(C)C(C(=O)NC2CCCC2C(N)=S)C1C. The van der Waals surface area contributed by atoms with E-state index in [0.717, 1.165) is 19.3 Å². The van der Waals surface area contributed by atoms with Crippen LogP contribution in [0.15, 0.2) is 0 Å². The van der Waals surface area contributed by atoms with Crippen LogP contribution < -0.4 is 11.1 Å². The summed E-state index contributed by atoms with van der Waals surface area (Å²) in [7, 11) is 0. The van der Waals surface area contributed by atoms with E-state index in [9.17, 15) is 4.79 Å². The summed E-state index contributed by atoms with van der Waals surface area (Å²) in [4.78, 5) is 13.0. The largest absolute Gasteiger partial charge is 0.393 e. The summed E-state index contributed by atoms with van der Waals surface area (Å²) in [5.74, 6) is 0.434. The van der Waals surface area contributed by atoms with Gasteiger partial charge in [-0.15, -0.1) is 0 Å². The van der Waals surface area contributed by atoms with Crippen LogP contribution in [-0.4, -0.2) is 29.1 Å². The van der Waals surface area contributed by atoms with Crippen molar-refractivity contribution in [1.82, 2.24) is 5.32 Å². The third-order valence-corrected chi connectivity index (χ3v) is 5.06. The Balaban J connectivity index is 1.99. The van der Waals surface area contributed by atoms with E-state index in [1.165, 1.54) is 0 Å². The molecule has 1 saturated carbocycles. The Kier molecular flexibility index (Phi) is 4.46. The number of carbonyl (C=O) groups excluding carboxylic acids is 1. The lowest BCUT2D eigenvalue weighted by molar-refractivity contribution is -0.128. The fourth-order valence-corrected chi connectivity index (χ4v) is 3.75. The van der Waals surface area contributed by atoms with E-state index in [2.05, 4.69) is 12.2 Å². The Morgan fingerprint density at radius 2 is 1.95 bits per heavy atom. The lowest BCUT2D eigenvalue weighted by Gasteiger charge is -2.24. The Bertz CT molecular complexity index is 374. The second kappa shape index (κ2) is 5.75. The number of amides is 1. The molecular weight excluding hydrogens is 260 g/mol. The second-order valence-electron chi connectivity index (χ2n) is 5.99. The highest BCUT2D eigenvalue weighted by Crippen LogP contribution is 2.33. The van der Waals surface area contributed by atoms with Gasteiger partial charge in [0.1, 0.15) is 0 Å². The Morgan fingerprint density at radius 3 is 2.47 bits per heavy atom. The summed E-state index contributed by atoms with van der Waals surface area (Å²) in [5, 5.41) is 3.15. The van der Waals surface area contributed by atoms with Crippen LogP contribution in [-0.2, 0) is 9.53 Å². The molecule has 2 aliphatic rings. The number of rotatable bonds is 3. The van der Waals surface area contributed by atoms with Crippen molar-refractivity contribution in [1.29, 1.82) is 0 Å². The van der Waals surface area contributed by atoms with Crippen molar-refractivity contribution in [2.45, 2.75) is 58.3 Å². The number of hydrogen-bond donors (Lipinski definition) is 2. The van der Waals surface area contributed by atoms with Gasteiger partial charge in [0, 0.05) is 12.0 Å². The molecule has 0 radical (unpaired) electrons. The first-order valence-corrected chi connectivity index (χ1v) is 7.57. The molecule has 1 heterocycles. The van der Waals surface area contributed by atoms with Crippen LogP contribution in [0.2, 0.25) is 0 Å². The molecule has 3 N–H and O–H groups in total. The zero-order chi connectivity index (χ0) is 14.2. The molecule has 0 aromatic rings. The molecule has 0 aromatic heterocycles. The molecule has 108 valence electrons. The first-order chi connectivity index (χ1) is 8.91. The van der Waals surface area contributed by atoms with Gasteiger partial charge in [0.25, 0.3) is 0 Å². The number of nitrogens with one attached hydrogen (secondary N) is 1. The predicted molar refractivity (Wildman–Crippen MR) is 78.7 cm³/mol. The third-order valence-electron chi connectivity index (χ3n) is 4.75. The van der Waals surface area contributed by atoms with Crippen molar-refractivity contribution in [3.05, 3.63) is 0 Å². The maximum absolute atomic E-state index is 12.5. The Hall–Kier alpha value is -0.680. The van der Waals surface area contributed by atoms with E-state index in [1.54, 1.807) is 0 Å². The van der Waals surface area contributed by atoms with E-state index in [0.29, 0.717) is 4.99 Å². The average Bonchev–Trinajstić information content (AvgIpc) is 2.85. The van der Waals surface area contributed by atoms with Gasteiger partial charge >= 0.3 is 0 Å². The van der Waals surface area contributed by atoms with Crippen LogP contribution in [0.4, 0.5) is 0 Å². The Labute approximate surface area is 120 Å². The number of hydrogen-bond acceptors (Lipinski definition) is 3. The summed E-state index contributed by atoms with van der Waals surface area (Å²) in [6.45, 7) is 6.09. The summed E-state index contributed by atoms with van der Waals surface area (Å²) < 4.78 is 5.73. The fourth-order valence-electron chi connectivity index (χ4n) is 3.47. The standard InChI is InChI=1S/C14H24N2O2S/c1-7-8(2)18-9(3)12(7)14(17)16-11-6-4-5-10(11)13(15)19/h7-12H,4-6H2,1-3H3,(H2,15,19)(H,16,17). The van der Waals surface area contributed by atoms with E-state index in [-0.39, 0.29) is 41.9 Å². The quantitative estimate of drug-likeness (QED) is 0.773. The Morgan fingerprint density at radius 1 is 1.26 bits per heavy atom. The number of ether oxygens (including phenoxy) is 1. The molecule has 0 spiro atoms. The highest BCUT2D eigenvalue weighted by molar-refractivity contribution is 7.80. The number of nitrogens with two attached hydrogens (primary N) is 1. The smallest absolute Gasteiger partial charge is 0.226 e. The van der Waals surface area contributed by atoms with Crippen molar-refractivity contribution in [2.24, 2.45) is 23.5 Å². The molecule has 19 heavy (non-hydrogen) atoms. The summed E-state index contributed by atoms with van der Waals surface area (Å²) in [6, 6.07) is 0.111. The first-order valence-electron chi connectivity index (χ1n) is 7.17. The first kappa shape index (κ1) is 14.7. The number of thiocarbonyl (C=S) groups is 1. The molecule has 0 bridgehead atoms. The summed E-state index contributed by atoms with van der Waals surface area (Å²) in [5.41, 5.74) is 5.75. The molecule has 6 atom stereocenters. The van der Waals surface area contributed by atoms with Crippen LogP contribution in [0.25, 0.3) is 0 Å². The predicted octanol–water partition coefficient (Wildman–Crippen LogP) is 1.62. The molecule has 0 aromatic carbocycles.